The molecule has 0 aliphatic carbocycles. The third kappa shape index (κ3) is 4.65. The highest BCUT2D eigenvalue weighted by Gasteiger charge is 2.45. The van der Waals surface area contributed by atoms with Crippen molar-refractivity contribution in [1.82, 2.24) is 0 Å². The van der Waals surface area contributed by atoms with Gasteiger partial charge in [0.05, 0.1) is 25.9 Å². The molecule has 1 saturated heterocycles. The van der Waals surface area contributed by atoms with E-state index in [1.807, 2.05) is 20.8 Å². The Morgan fingerprint density at radius 1 is 1.29 bits per heavy atom. The minimum absolute atomic E-state index is 0.207. The molecule has 0 aromatic rings. The van der Waals surface area contributed by atoms with Crippen molar-refractivity contribution in [2.24, 2.45) is 0 Å². The third-order valence-electron chi connectivity index (χ3n) is 2.65. The van der Waals surface area contributed by atoms with Crippen molar-refractivity contribution in [2.75, 3.05) is 33.0 Å². The average Bonchev–Trinajstić information content (AvgIpc) is 2.28. The molecule has 0 bridgehead atoms. The van der Waals surface area contributed by atoms with Crippen molar-refractivity contribution in [3.63, 3.8) is 0 Å². The molecule has 1 rings (SSSR count). The van der Waals surface area contributed by atoms with Crippen LogP contribution < -0.4 is 0 Å². The van der Waals surface area contributed by atoms with Crippen LogP contribution in [0.5, 0.6) is 0 Å². The fourth-order valence-electron chi connectivity index (χ4n) is 1.71. The highest BCUT2D eigenvalue weighted by atomic mass is 28.4. The van der Waals surface area contributed by atoms with Crippen LogP contribution in [0.1, 0.15) is 27.2 Å². The Hall–Kier alpha value is 0.0169. The van der Waals surface area contributed by atoms with E-state index in [0.717, 1.165) is 0 Å². The predicted molar refractivity (Wildman–Crippen MR) is 65.8 cm³/mol. The van der Waals surface area contributed by atoms with Crippen LogP contribution >= 0.6 is 0 Å². The first kappa shape index (κ1) is 15.1. The normalized spacial score (nSPS) is 32.6. The molecule has 1 aliphatic heterocycles. The van der Waals surface area contributed by atoms with Crippen molar-refractivity contribution < 1.29 is 23.1 Å². The summed E-state index contributed by atoms with van der Waals surface area (Å²) in [4.78, 5) is 0. The average molecular weight is 264 g/mol. The van der Waals surface area contributed by atoms with E-state index in [-0.39, 0.29) is 5.54 Å². The topological polar surface area (TPSA) is 57.2 Å². The van der Waals surface area contributed by atoms with Gasteiger partial charge in [0, 0.05) is 18.8 Å². The van der Waals surface area contributed by atoms with Crippen LogP contribution in [0.4, 0.5) is 0 Å². The quantitative estimate of drug-likeness (QED) is 0.776. The summed E-state index contributed by atoms with van der Waals surface area (Å²) in [6.07, 6.45) is 0.0892. The molecule has 0 radical (unpaired) electrons. The third-order valence-corrected chi connectivity index (χ3v) is 5.97. The van der Waals surface area contributed by atoms with Gasteiger partial charge < -0.3 is 23.1 Å². The van der Waals surface area contributed by atoms with Gasteiger partial charge in [0.15, 0.2) is 0 Å². The van der Waals surface area contributed by atoms with Gasteiger partial charge in [0.2, 0.25) is 0 Å². The molecule has 1 fully saturated rings. The smallest absolute Gasteiger partial charge is 0.391 e. The molecule has 17 heavy (non-hydrogen) atoms. The molecule has 1 aliphatic rings. The van der Waals surface area contributed by atoms with E-state index >= 15 is 0 Å². The highest BCUT2D eigenvalue weighted by molar-refractivity contribution is 6.62. The summed E-state index contributed by atoms with van der Waals surface area (Å²) < 4.78 is 22.8. The maximum atomic E-state index is 9.60. The fraction of sp³-hybridized carbons (Fsp3) is 1.00. The zero-order chi connectivity index (χ0) is 12.7. The van der Waals surface area contributed by atoms with Gasteiger partial charge in [-0.15, -0.1) is 0 Å². The zero-order valence-electron chi connectivity index (χ0n) is 11.0. The number of ether oxygens (including phenoxy) is 1. The Labute approximate surface area is 104 Å². The minimum Gasteiger partial charge on any atom is -0.391 e. The maximum Gasteiger partial charge on any atom is 0.503 e. The lowest BCUT2D eigenvalue weighted by atomic mass is 10.3. The Kier molecular flexibility index (Phi) is 6.61. The van der Waals surface area contributed by atoms with Crippen LogP contribution in [0.3, 0.4) is 0 Å². The molecule has 0 aromatic heterocycles. The van der Waals surface area contributed by atoms with Crippen LogP contribution in [-0.4, -0.2) is 53.0 Å². The minimum atomic E-state index is -2.62. The van der Waals surface area contributed by atoms with Crippen LogP contribution in [0.2, 0.25) is 5.54 Å². The molecule has 1 N–H and O–H groups in total. The summed E-state index contributed by atoms with van der Waals surface area (Å²) in [7, 11) is -2.62. The summed E-state index contributed by atoms with van der Waals surface area (Å²) in [5.41, 5.74) is 0.207. The summed E-state index contributed by atoms with van der Waals surface area (Å²) in [6, 6.07) is 0. The summed E-state index contributed by atoms with van der Waals surface area (Å²) in [6.45, 7) is 8.33. The number of aliphatic hydroxyl groups excluding tert-OH is 1. The van der Waals surface area contributed by atoms with Gasteiger partial charge in [-0.3, -0.25) is 0 Å². The van der Waals surface area contributed by atoms with Crippen molar-refractivity contribution >= 4 is 8.80 Å². The highest BCUT2D eigenvalue weighted by Crippen LogP contribution is 2.25. The van der Waals surface area contributed by atoms with E-state index in [0.29, 0.717) is 39.5 Å². The second-order valence-electron chi connectivity index (χ2n) is 4.41. The molecule has 0 spiro atoms. The molecule has 2 atom stereocenters. The van der Waals surface area contributed by atoms with Crippen molar-refractivity contribution in [1.29, 1.82) is 0 Å². The van der Waals surface area contributed by atoms with Gasteiger partial charge in [-0.05, 0) is 13.3 Å². The van der Waals surface area contributed by atoms with Gasteiger partial charge >= 0.3 is 8.80 Å². The lowest BCUT2D eigenvalue weighted by molar-refractivity contribution is -0.0256. The SMILES string of the molecule is CCO[Si]1(C(C)C)OCCOCC(O)CCO1. The monoisotopic (exact) mass is 264 g/mol. The molecule has 0 saturated carbocycles. The first-order chi connectivity index (χ1) is 8.10. The standard InChI is InChI=1S/C11H24O5Si/c1-4-14-17(10(2)3)15-6-5-11(12)9-13-7-8-16-17/h10-12H,4-9H2,1-3H3. The largest absolute Gasteiger partial charge is 0.503 e. The van der Waals surface area contributed by atoms with Gasteiger partial charge in [-0.1, -0.05) is 13.8 Å². The number of aliphatic hydroxyl groups is 1. The van der Waals surface area contributed by atoms with Crippen molar-refractivity contribution in [3.8, 4) is 0 Å². The van der Waals surface area contributed by atoms with E-state index in [4.69, 9.17) is 18.0 Å². The molecule has 102 valence electrons. The Balaban J connectivity index is 2.64. The Morgan fingerprint density at radius 3 is 2.65 bits per heavy atom. The van der Waals surface area contributed by atoms with E-state index < -0.39 is 14.9 Å². The maximum absolute atomic E-state index is 9.60. The Morgan fingerprint density at radius 2 is 2.00 bits per heavy atom. The number of hydrogen-bond donors (Lipinski definition) is 1. The van der Waals surface area contributed by atoms with E-state index in [2.05, 4.69) is 0 Å². The first-order valence-corrected chi connectivity index (χ1v) is 8.08. The fourth-order valence-corrected chi connectivity index (χ4v) is 4.13. The molecule has 1 heterocycles. The molecular weight excluding hydrogens is 240 g/mol. The second-order valence-corrected chi connectivity index (χ2v) is 7.63. The molecule has 6 heteroatoms. The molecule has 0 aromatic carbocycles. The van der Waals surface area contributed by atoms with Crippen LogP contribution in [0.25, 0.3) is 0 Å². The zero-order valence-corrected chi connectivity index (χ0v) is 12.0. The van der Waals surface area contributed by atoms with Gasteiger partial charge in [-0.2, -0.15) is 0 Å². The first-order valence-electron chi connectivity index (χ1n) is 6.28. The van der Waals surface area contributed by atoms with Crippen molar-refractivity contribution in [2.45, 2.75) is 38.8 Å². The van der Waals surface area contributed by atoms with Crippen molar-refractivity contribution in [3.05, 3.63) is 0 Å². The lowest BCUT2D eigenvalue weighted by Crippen LogP contribution is -2.50. The molecular formula is C11H24O5Si. The Bertz CT molecular complexity index is 214. The van der Waals surface area contributed by atoms with Crippen LogP contribution in [0, 0.1) is 0 Å². The molecule has 0 amide bonds. The molecule has 2 unspecified atom stereocenters. The predicted octanol–water partition coefficient (Wildman–Crippen LogP) is 1.19. The van der Waals surface area contributed by atoms with Crippen LogP contribution in [0.15, 0.2) is 0 Å². The summed E-state index contributed by atoms with van der Waals surface area (Å²) in [5, 5.41) is 9.60. The van der Waals surface area contributed by atoms with Gasteiger partial charge in [0.25, 0.3) is 0 Å². The number of rotatable bonds is 3. The van der Waals surface area contributed by atoms with Crippen LogP contribution in [-0.2, 0) is 18.0 Å². The van der Waals surface area contributed by atoms with Gasteiger partial charge in [0.1, 0.15) is 0 Å². The van der Waals surface area contributed by atoms with E-state index in [1.165, 1.54) is 0 Å². The van der Waals surface area contributed by atoms with Gasteiger partial charge in [-0.25, -0.2) is 0 Å². The summed E-state index contributed by atoms with van der Waals surface area (Å²) >= 11 is 0. The molecule has 5 nitrogen and oxygen atoms in total. The van der Waals surface area contributed by atoms with E-state index in [9.17, 15) is 5.11 Å². The summed E-state index contributed by atoms with van der Waals surface area (Å²) in [5.74, 6) is 0. The lowest BCUT2D eigenvalue weighted by Gasteiger charge is -2.33. The van der Waals surface area contributed by atoms with E-state index in [1.54, 1.807) is 0 Å². The number of hydrogen-bond acceptors (Lipinski definition) is 5. The second kappa shape index (κ2) is 7.45.